The molecule has 1 N–H and O–H groups in total. The Kier molecular flexibility index (Phi) is 3.46. The van der Waals surface area contributed by atoms with E-state index in [0.717, 1.165) is 25.7 Å². The predicted octanol–water partition coefficient (Wildman–Crippen LogP) is 1.86. The first-order valence-corrected chi connectivity index (χ1v) is 4.86. The number of Topliss-reactive ketones (excluding diaryl/α,β-unsaturated/α-hetero) is 1. The summed E-state index contributed by atoms with van der Waals surface area (Å²) in [6.07, 6.45) is 5.12. The number of aliphatic carboxylic acids is 1. The molecule has 0 heterocycles. The summed E-state index contributed by atoms with van der Waals surface area (Å²) >= 11 is 0. The molecule has 0 aliphatic heterocycles. The zero-order valence-electron chi connectivity index (χ0n) is 7.95. The van der Waals surface area contributed by atoms with Crippen LogP contribution in [-0.2, 0) is 9.59 Å². The lowest BCUT2D eigenvalue weighted by Crippen LogP contribution is -2.31. The highest BCUT2D eigenvalue weighted by molar-refractivity contribution is 5.97. The monoisotopic (exact) mass is 184 g/mol. The quantitative estimate of drug-likeness (QED) is 0.681. The number of hydrogen-bond acceptors (Lipinski definition) is 2. The molecule has 0 saturated heterocycles. The number of carboxylic acid groups (broad SMARTS) is 1. The average molecular weight is 184 g/mol. The van der Waals surface area contributed by atoms with Gasteiger partial charge in [0.15, 0.2) is 0 Å². The van der Waals surface area contributed by atoms with Gasteiger partial charge in [0.2, 0.25) is 0 Å². The summed E-state index contributed by atoms with van der Waals surface area (Å²) in [5.41, 5.74) is 0. The van der Waals surface area contributed by atoms with E-state index >= 15 is 0 Å². The molecule has 0 bridgehead atoms. The van der Waals surface area contributed by atoms with E-state index in [1.165, 1.54) is 13.3 Å². The molecule has 0 aromatic carbocycles. The molecule has 74 valence electrons. The van der Waals surface area contributed by atoms with Gasteiger partial charge in [0.1, 0.15) is 11.7 Å². The Balaban J connectivity index is 2.62. The summed E-state index contributed by atoms with van der Waals surface area (Å²) in [5.74, 6) is -1.80. The van der Waals surface area contributed by atoms with Crippen LogP contribution in [0.5, 0.6) is 0 Å². The normalized spacial score (nSPS) is 21.0. The molecular formula is C10H16O3. The van der Waals surface area contributed by atoms with E-state index in [4.69, 9.17) is 5.11 Å². The summed E-state index contributed by atoms with van der Waals surface area (Å²) in [4.78, 5) is 21.9. The van der Waals surface area contributed by atoms with Gasteiger partial charge >= 0.3 is 5.97 Å². The zero-order chi connectivity index (χ0) is 9.84. The lowest BCUT2D eigenvalue weighted by molar-refractivity contribution is -0.148. The molecule has 1 atom stereocenters. The van der Waals surface area contributed by atoms with Crippen LogP contribution in [0.25, 0.3) is 0 Å². The second-order valence-corrected chi connectivity index (χ2v) is 3.82. The molecule has 3 nitrogen and oxygen atoms in total. The number of carbonyl (C=O) groups is 2. The van der Waals surface area contributed by atoms with Crippen LogP contribution in [0.4, 0.5) is 0 Å². The minimum Gasteiger partial charge on any atom is -0.481 e. The van der Waals surface area contributed by atoms with Crippen LogP contribution in [0.2, 0.25) is 0 Å². The Morgan fingerprint density at radius 3 is 2.15 bits per heavy atom. The van der Waals surface area contributed by atoms with Crippen LogP contribution in [0.15, 0.2) is 0 Å². The Morgan fingerprint density at radius 1 is 1.23 bits per heavy atom. The number of carbonyl (C=O) groups excluding carboxylic acids is 1. The largest absolute Gasteiger partial charge is 0.481 e. The van der Waals surface area contributed by atoms with Crippen molar-refractivity contribution in [3.63, 3.8) is 0 Å². The number of rotatable bonds is 3. The molecule has 3 heteroatoms. The smallest absolute Gasteiger partial charge is 0.314 e. The van der Waals surface area contributed by atoms with E-state index in [1.54, 1.807) is 0 Å². The van der Waals surface area contributed by atoms with Gasteiger partial charge in [0.25, 0.3) is 0 Å². The first-order valence-electron chi connectivity index (χ1n) is 4.86. The van der Waals surface area contributed by atoms with Crippen molar-refractivity contribution in [1.29, 1.82) is 0 Å². The van der Waals surface area contributed by atoms with Gasteiger partial charge in [-0.1, -0.05) is 19.3 Å². The summed E-state index contributed by atoms with van der Waals surface area (Å²) in [6.45, 7) is 1.38. The zero-order valence-corrected chi connectivity index (χ0v) is 7.95. The third-order valence-corrected chi connectivity index (χ3v) is 2.83. The molecule has 1 rings (SSSR count). The fourth-order valence-electron chi connectivity index (χ4n) is 2.17. The molecular weight excluding hydrogens is 168 g/mol. The van der Waals surface area contributed by atoms with E-state index in [9.17, 15) is 9.59 Å². The minimum absolute atomic E-state index is 0.0868. The molecule has 0 aromatic heterocycles. The lowest BCUT2D eigenvalue weighted by Gasteiger charge is -2.25. The third kappa shape index (κ3) is 2.54. The summed E-state index contributed by atoms with van der Waals surface area (Å²) in [7, 11) is 0. The lowest BCUT2D eigenvalue weighted by atomic mass is 9.78. The van der Waals surface area contributed by atoms with Gasteiger partial charge in [-0.3, -0.25) is 9.59 Å². The highest BCUT2D eigenvalue weighted by Gasteiger charge is 2.32. The van der Waals surface area contributed by atoms with Crippen molar-refractivity contribution in [3.05, 3.63) is 0 Å². The maximum atomic E-state index is 11.1. The van der Waals surface area contributed by atoms with Crippen molar-refractivity contribution in [2.75, 3.05) is 0 Å². The number of carboxylic acids is 1. The van der Waals surface area contributed by atoms with Crippen LogP contribution >= 0.6 is 0 Å². The number of hydrogen-bond donors (Lipinski definition) is 1. The van der Waals surface area contributed by atoms with E-state index < -0.39 is 11.9 Å². The first-order chi connectivity index (χ1) is 6.13. The topological polar surface area (TPSA) is 54.4 Å². The van der Waals surface area contributed by atoms with Gasteiger partial charge in [-0.05, 0) is 25.7 Å². The predicted molar refractivity (Wildman–Crippen MR) is 48.4 cm³/mol. The fraction of sp³-hybridized carbons (Fsp3) is 0.800. The standard InChI is InChI=1S/C10H16O3/c1-7(11)9(10(12)13)8-5-3-2-4-6-8/h8-9H,2-6H2,1H3,(H,12,13)/t9-/m1/s1. The van der Waals surface area contributed by atoms with Crippen molar-refractivity contribution in [1.82, 2.24) is 0 Å². The Morgan fingerprint density at radius 2 is 1.77 bits per heavy atom. The van der Waals surface area contributed by atoms with E-state index in [2.05, 4.69) is 0 Å². The van der Waals surface area contributed by atoms with Crippen molar-refractivity contribution < 1.29 is 14.7 Å². The second kappa shape index (κ2) is 4.40. The highest BCUT2D eigenvalue weighted by Crippen LogP contribution is 2.30. The highest BCUT2D eigenvalue weighted by atomic mass is 16.4. The van der Waals surface area contributed by atoms with E-state index in [1.807, 2.05) is 0 Å². The van der Waals surface area contributed by atoms with Gasteiger partial charge in [-0.25, -0.2) is 0 Å². The molecule has 1 aliphatic rings. The first kappa shape index (κ1) is 10.2. The molecule has 0 aromatic rings. The maximum absolute atomic E-state index is 11.1. The van der Waals surface area contributed by atoms with Crippen LogP contribution in [-0.4, -0.2) is 16.9 Å². The van der Waals surface area contributed by atoms with Gasteiger partial charge < -0.3 is 5.11 Å². The molecule has 0 spiro atoms. The maximum Gasteiger partial charge on any atom is 0.314 e. The average Bonchev–Trinajstić information content (AvgIpc) is 2.04. The van der Waals surface area contributed by atoms with Crippen LogP contribution in [0.3, 0.4) is 0 Å². The number of ketones is 1. The van der Waals surface area contributed by atoms with E-state index in [0.29, 0.717) is 0 Å². The van der Waals surface area contributed by atoms with Crippen molar-refractivity contribution in [2.24, 2.45) is 11.8 Å². The Hall–Kier alpha value is -0.860. The van der Waals surface area contributed by atoms with Crippen LogP contribution in [0.1, 0.15) is 39.0 Å². The Labute approximate surface area is 78.1 Å². The molecule has 1 aliphatic carbocycles. The molecule has 0 unspecified atom stereocenters. The van der Waals surface area contributed by atoms with Crippen LogP contribution in [0, 0.1) is 11.8 Å². The van der Waals surface area contributed by atoms with Crippen molar-refractivity contribution in [2.45, 2.75) is 39.0 Å². The molecule has 1 saturated carbocycles. The molecule has 1 fully saturated rings. The fourth-order valence-corrected chi connectivity index (χ4v) is 2.17. The van der Waals surface area contributed by atoms with Crippen molar-refractivity contribution in [3.8, 4) is 0 Å². The third-order valence-electron chi connectivity index (χ3n) is 2.83. The van der Waals surface area contributed by atoms with Crippen molar-refractivity contribution >= 4 is 11.8 Å². The SMILES string of the molecule is CC(=O)[C@@H](C(=O)O)C1CCCCC1. The van der Waals surface area contributed by atoms with Gasteiger partial charge in [-0.15, -0.1) is 0 Å². The second-order valence-electron chi connectivity index (χ2n) is 3.82. The summed E-state index contributed by atoms with van der Waals surface area (Å²) in [6, 6.07) is 0. The summed E-state index contributed by atoms with van der Waals surface area (Å²) in [5, 5.41) is 8.88. The van der Waals surface area contributed by atoms with E-state index in [-0.39, 0.29) is 11.7 Å². The van der Waals surface area contributed by atoms with Gasteiger partial charge in [-0.2, -0.15) is 0 Å². The van der Waals surface area contributed by atoms with Gasteiger partial charge in [0.05, 0.1) is 0 Å². The minimum atomic E-state index is -0.945. The summed E-state index contributed by atoms with van der Waals surface area (Å²) < 4.78 is 0. The molecule has 0 amide bonds. The Bertz CT molecular complexity index is 190. The van der Waals surface area contributed by atoms with Crippen LogP contribution < -0.4 is 0 Å². The molecule has 0 radical (unpaired) electrons. The molecule has 13 heavy (non-hydrogen) atoms. The van der Waals surface area contributed by atoms with Gasteiger partial charge in [0, 0.05) is 0 Å².